The summed E-state index contributed by atoms with van der Waals surface area (Å²) in [6.07, 6.45) is 4.07. The zero-order chi connectivity index (χ0) is 15.2. The third-order valence-electron chi connectivity index (χ3n) is 3.28. The summed E-state index contributed by atoms with van der Waals surface area (Å²) in [6, 6.07) is 8.25. The van der Waals surface area contributed by atoms with Crippen molar-refractivity contribution in [3.63, 3.8) is 0 Å². The molecule has 1 fully saturated rings. The molecule has 1 aromatic carbocycles. The lowest BCUT2D eigenvalue weighted by Crippen LogP contribution is -2.24. The maximum Gasteiger partial charge on any atom is 0.273 e. The topological polar surface area (TPSA) is 44.4 Å². The number of amides is 1. The Balaban J connectivity index is 2.13. The van der Waals surface area contributed by atoms with Gasteiger partial charge in [-0.25, -0.2) is 0 Å². The fourth-order valence-electron chi connectivity index (χ4n) is 2.34. The minimum Gasteiger partial charge on any atom is -0.372 e. The first-order valence-corrected chi connectivity index (χ1v) is 7.74. The largest absolute Gasteiger partial charge is 0.372 e. The van der Waals surface area contributed by atoms with Gasteiger partial charge in [0.25, 0.3) is 5.91 Å². The molecule has 0 spiro atoms. The number of carbonyl (C=O) groups is 1. The minimum atomic E-state index is -0.178. The summed E-state index contributed by atoms with van der Waals surface area (Å²) in [4.78, 5) is 14.0. The van der Waals surface area contributed by atoms with Crippen molar-refractivity contribution in [3.8, 4) is 0 Å². The van der Waals surface area contributed by atoms with Crippen LogP contribution in [0.2, 0.25) is 0 Å². The van der Waals surface area contributed by atoms with Crippen molar-refractivity contribution in [1.82, 2.24) is 10.6 Å². The Kier molecular flexibility index (Phi) is 5.33. The Bertz CT molecular complexity index is 545. The predicted octanol–water partition coefficient (Wildman–Crippen LogP) is 2.66. The summed E-state index contributed by atoms with van der Waals surface area (Å²) in [7, 11) is 0. The van der Waals surface area contributed by atoms with Crippen LogP contribution in [0, 0.1) is 0 Å². The molecule has 0 atom stereocenters. The molecule has 21 heavy (non-hydrogen) atoms. The number of benzene rings is 1. The molecule has 0 bridgehead atoms. The average Bonchev–Trinajstić information content (AvgIpc) is 2.77. The standard InChI is InChI=1S/C16H21N3OS/c1-3-9-19(10-4-2)13-7-5-12(6-8-13)11-14-15(20)18-16(21)17-14/h5-8,11H,3-4,9-10H2,1-2H3,(H2,17,18,20,21)/b14-11-. The molecule has 0 aromatic heterocycles. The maximum atomic E-state index is 11.6. The van der Waals surface area contributed by atoms with Gasteiger partial charge in [-0.05, 0) is 48.8 Å². The lowest BCUT2D eigenvalue weighted by atomic mass is 10.1. The summed E-state index contributed by atoms with van der Waals surface area (Å²) < 4.78 is 0. The summed E-state index contributed by atoms with van der Waals surface area (Å²) in [5.41, 5.74) is 2.70. The fourth-order valence-corrected chi connectivity index (χ4v) is 2.54. The van der Waals surface area contributed by atoms with Gasteiger partial charge >= 0.3 is 0 Å². The number of nitrogens with zero attached hydrogens (tertiary/aromatic N) is 1. The molecule has 4 nitrogen and oxygen atoms in total. The second kappa shape index (κ2) is 7.22. The molecule has 1 aromatic rings. The van der Waals surface area contributed by atoms with Gasteiger partial charge in [-0.15, -0.1) is 0 Å². The van der Waals surface area contributed by atoms with Crippen molar-refractivity contribution in [3.05, 3.63) is 35.5 Å². The van der Waals surface area contributed by atoms with Crippen LogP contribution in [0.5, 0.6) is 0 Å². The first kappa shape index (κ1) is 15.5. The third kappa shape index (κ3) is 4.04. The summed E-state index contributed by atoms with van der Waals surface area (Å²) in [6.45, 7) is 6.50. The summed E-state index contributed by atoms with van der Waals surface area (Å²) >= 11 is 4.91. The molecule has 112 valence electrons. The first-order chi connectivity index (χ1) is 10.1. The number of hydrogen-bond acceptors (Lipinski definition) is 3. The Morgan fingerprint density at radius 1 is 1.10 bits per heavy atom. The van der Waals surface area contributed by atoms with E-state index < -0.39 is 0 Å². The molecule has 0 radical (unpaired) electrons. The Morgan fingerprint density at radius 3 is 2.19 bits per heavy atom. The molecular formula is C16H21N3OS. The smallest absolute Gasteiger partial charge is 0.273 e. The van der Waals surface area contributed by atoms with Crippen LogP contribution in [0.1, 0.15) is 32.3 Å². The monoisotopic (exact) mass is 303 g/mol. The number of nitrogens with one attached hydrogen (secondary N) is 2. The van der Waals surface area contributed by atoms with E-state index in [0.717, 1.165) is 31.5 Å². The van der Waals surface area contributed by atoms with Crippen LogP contribution in [0.4, 0.5) is 5.69 Å². The van der Waals surface area contributed by atoms with E-state index in [4.69, 9.17) is 12.2 Å². The SMILES string of the molecule is CCCN(CCC)c1ccc(/C=C2\NC(=S)NC2=O)cc1. The summed E-state index contributed by atoms with van der Waals surface area (Å²) in [5.74, 6) is -0.178. The van der Waals surface area contributed by atoms with Crippen LogP contribution in [0.3, 0.4) is 0 Å². The molecule has 1 saturated heterocycles. The molecule has 1 aliphatic heterocycles. The molecule has 1 aliphatic rings. The number of rotatable bonds is 6. The predicted molar refractivity (Wildman–Crippen MR) is 91.1 cm³/mol. The zero-order valence-electron chi connectivity index (χ0n) is 12.5. The van der Waals surface area contributed by atoms with Gasteiger partial charge in [0, 0.05) is 18.8 Å². The Labute approximate surface area is 131 Å². The van der Waals surface area contributed by atoms with Crippen LogP contribution in [0.25, 0.3) is 6.08 Å². The second-order valence-corrected chi connectivity index (χ2v) is 5.45. The second-order valence-electron chi connectivity index (χ2n) is 5.04. The van der Waals surface area contributed by atoms with Crippen LogP contribution in [0.15, 0.2) is 30.0 Å². The lowest BCUT2D eigenvalue weighted by molar-refractivity contribution is -0.115. The van der Waals surface area contributed by atoms with Gasteiger partial charge in [0.05, 0.1) is 0 Å². The lowest BCUT2D eigenvalue weighted by Gasteiger charge is -2.23. The average molecular weight is 303 g/mol. The van der Waals surface area contributed by atoms with Gasteiger partial charge < -0.3 is 10.2 Å². The highest BCUT2D eigenvalue weighted by Crippen LogP contribution is 2.18. The molecule has 2 rings (SSSR count). The number of anilines is 1. The fraction of sp³-hybridized carbons (Fsp3) is 0.375. The molecule has 0 unspecified atom stereocenters. The van der Waals surface area contributed by atoms with Gasteiger partial charge in [-0.3, -0.25) is 10.1 Å². The molecule has 1 amide bonds. The normalized spacial score (nSPS) is 16.0. The molecule has 2 N–H and O–H groups in total. The number of thiocarbonyl (C=S) groups is 1. The third-order valence-corrected chi connectivity index (χ3v) is 3.48. The van der Waals surface area contributed by atoms with E-state index in [-0.39, 0.29) is 5.91 Å². The van der Waals surface area contributed by atoms with Crippen molar-refractivity contribution in [2.75, 3.05) is 18.0 Å². The zero-order valence-corrected chi connectivity index (χ0v) is 13.3. The van der Waals surface area contributed by atoms with Gasteiger partial charge in [-0.1, -0.05) is 26.0 Å². The van der Waals surface area contributed by atoms with Crippen molar-refractivity contribution in [2.24, 2.45) is 0 Å². The van der Waals surface area contributed by atoms with Crippen molar-refractivity contribution < 1.29 is 4.79 Å². The molecule has 0 saturated carbocycles. The number of hydrogen-bond donors (Lipinski definition) is 2. The molecule has 1 heterocycles. The highest BCUT2D eigenvalue weighted by atomic mass is 32.1. The van der Waals surface area contributed by atoms with Gasteiger partial charge in [0.2, 0.25) is 0 Å². The van der Waals surface area contributed by atoms with E-state index in [9.17, 15) is 4.79 Å². The minimum absolute atomic E-state index is 0.178. The van der Waals surface area contributed by atoms with Gasteiger partial charge in [-0.2, -0.15) is 0 Å². The van der Waals surface area contributed by atoms with Gasteiger partial charge in [0.1, 0.15) is 5.70 Å². The number of carbonyl (C=O) groups excluding carboxylic acids is 1. The van der Waals surface area contributed by atoms with E-state index in [1.807, 2.05) is 18.2 Å². The van der Waals surface area contributed by atoms with E-state index >= 15 is 0 Å². The van der Waals surface area contributed by atoms with Crippen molar-refractivity contribution in [2.45, 2.75) is 26.7 Å². The van der Waals surface area contributed by atoms with Crippen LogP contribution < -0.4 is 15.5 Å². The Hall–Kier alpha value is -1.88. The van der Waals surface area contributed by atoms with E-state index in [1.54, 1.807) is 0 Å². The van der Waals surface area contributed by atoms with E-state index in [1.165, 1.54) is 5.69 Å². The quantitative estimate of drug-likeness (QED) is 0.626. The van der Waals surface area contributed by atoms with Crippen LogP contribution in [-0.2, 0) is 4.79 Å². The first-order valence-electron chi connectivity index (χ1n) is 7.33. The molecule has 0 aliphatic carbocycles. The summed E-state index contributed by atoms with van der Waals surface area (Å²) in [5, 5.41) is 5.77. The van der Waals surface area contributed by atoms with E-state index in [2.05, 4.69) is 41.5 Å². The van der Waals surface area contributed by atoms with Crippen LogP contribution in [-0.4, -0.2) is 24.1 Å². The van der Waals surface area contributed by atoms with Crippen molar-refractivity contribution >= 4 is 35.0 Å². The van der Waals surface area contributed by atoms with Crippen LogP contribution >= 0.6 is 12.2 Å². The maximum absolute atomic E-state index is 11.6. The molecular weight excluding hydrogens is 282 g/mol. The highest BCUT2D eigenvalue weighted by molar-refractivity contribution is 7.80. The van der Waals surface area contributed by atoms with Gasteiger partial charge in [0.15, 0.2) is 5.11 Å². The highest BCUT2D eigenvalue weighted by Gasteiger charge is 2.19. The van der Waals surface area contributed by atoms with Crippen molar-refractivity contribution in [1.29, 1.82) is 0 Å². The Morgan fingerprint density at radius 2 is 1.71 bits per heavy atom. The van der Waals surface area contributed by atoms with E-state index in [0.29, 0.717) is 10.8 Å². The molecule has 5 heteroatoms.